The Bertz CT molecular complexity index is 329. The second-order valence-electron chi connectivity index (χ2n) is 6.39. The fourth-order valence-corrected chi connectivity index (χ4v) is 2.34. The van der Waals surface area contributed by atoms with Crippen molar-refractivity contribution in [2.45, 2.75) is 46.5 Å². The molecule has 0 saturated carbocycles. The molecule has 1 aliphatic rings. The molecule has 0 bridgehead atoms. The Balaban J connectivity index is 2.15. The molecule has 1 saturated heterocycles. The highest BCUT2D eigenvalue weighted by atomic mass is 16.4. The van der Waals surface area contributed by atoms with Crippen LogP contribution in [0, 0.1) is 11.3 Å². The highest BCUT2D eigenvalue weighted by molar-refractivity contribution is 5.74. The minimum absolute atomic E-state index is 0.0102. The lowest BCUT2D eigenvalue weighted by Gasteiger charge is -2.20. The number of carboxylic acid groups (broad SMARTS) is 1. The summed E-state index contributed by atoms with van der Waals surface area (Å²) < 4.78 is 0. The van der Waals surface area contributed by atoms with Gasteiger partial charge in [-0.3, -0.25) is 4.79 Å². The van der Waals surface area contributed by atoms with Gasteiger partial charge in [-0.1, -0.05) is 20.8 Å². The number of hydrogen-bond donors (Lipinski definition) is 2. The van der Waals surface area contributed by atoms with Crippen LogP contribution in [0.5, 0.6) is 0 Å². The van der Waals surface area contributed by atoms with Crippen LogP contribution in [0.25, 0.3) is 0 Å². The lowest BCUT2D eigenvalue weighted by atomic mass is 9.93. The number of likely N-dealkylation sites (tertiary alicyclic amines) is 1. The monoisotopic (exact) mass is 270 g/mol. The topological polar surface area (TPSA) is 69.6 Å². The largest absolute Gasteiger partial charge is 0.481 e. The summed E-state index contributed by atoms with van der Waals surface area (Å²) in [5.74, 6) is -0.429. The molecular formula is C14H26N2O3. The zero-order chi connectivity index (χ0) is 14.5. The van der Waals surface area contributed by atoms with Gasteiger partial charge >= 0.3 is 12.0 Å². The molecule has 110 valence electrons. The van der Waals surface area contributed by atoms with E-state index in [4.69, 9.17) is 5.11 Å². The second kappa shape index (κ2) is 6.78. The summed E-state index contributed by atoms with van der Waals surface area (Å²) in [6, 6.07) is 0.0102. The van der Waals surface area contributed by atoms with E-state index in [9.17, 15) is 9.59 Å². The maximum Gasteiger partial charge on any atom is 0.317 e. The van der Waals surface area contributed by atoms with Crippen LogP contribution in [0.1, 0.15) is 46.5 Å². The van der Waals surface area contributed by atoms with Gasteiger partial charge in [-0.05, 0) is 30.6 Å². The first kappa shape index (κ1) is 15.8. The van der Waals surface area contributed by atoms with Crippen molar-refractivity contribution >= 4 is 12.0 Å². The molecule has 0 radical (unpaired) electrons. The van der Waals surface area contributed by atoms with Gasteiger partial charge in [0.1, 0.15) is 0 Å². The minimum Gasteiger partial charge on any atom is -0.481 e. The number of urea groups is 1. The number of aliphatic carboxylic acids is 1. The van der Waals surface area contributed by atoms with Crippen molar-refractivity contribution in [2.24, 2.45) is 11.3 Å². The van der Waals surface area contributed by atoms with Crippen LogP contribution < -0.4 is 5.32 Å². The van der Waals surface area contributed by atoms with Crippen LogP contribution in [0.4, 0.5) is 4.79 Å². The third-order valence-electron chi connectivity index (χ3n) is 3.73. The third-order valence-corrected chi connectivity index (χ3v) is 3.73. The summed E-state index contributed by atoms with van der Waals surface area (Å²) in [6.45, 7) is 8.63. The first-order valence-electron chi connectivity index (χ1n) is 7.05. The highest BCUT2D eigenvalue weighted by Gasteiger charge is 2.31. The molecular weight excluding hydrogens is 244 g/mol. The second-order valence-corrected chi connectivity index (χ2v) is 6.39. The zero-order valence-electron chi connectivity index (χ0n) is 12.2. The number of nitrogens with one attached hydrogen (secondary N) is 1. The van der Waals surface area contributed by atoms with Crippen LogP contribution in [-0.2, 0) is 4.79 Å². The van der Waals surface area contributed by atoms with E-state index in [1.807, 2.05) is 11.8 Å². The summed E-state index contributed by atoms with van der Waals surface area (Å²) in [6.07, 6.45) is 2.75. The Morgan fingerprint density at radius 3 is 2.58 bits per heavy atom. The normalized spacial score (nSPS) is 19.2. The summed E-state index contributed by atoms with van der Waals surface area (Å²) in [4.78, 5) is 24.2. The average Bonchev–Trinajstić information content (AvgIpc) is 2.67. The van der Waals surface area contributed by atoms with Crippen molar-refractivity contribution in [3.05, 3.63) is 0 Å². The van der Waals surface area contributed by atoms with E-state index in [2.05, 4.69) is 19.2 Å². The van der Waals surface area contributed by atoms with E-state index in [-0.39, 0.29) is 17.9 Å². The SMILES string of the molecule is CC(CCNC(=O)N1CCC(C)(C)C1)CCC(=O)O. The quantitative estimate of drug-likeness (QED) is 0.778. The molecule has 1 heterocycles. The van der Waals surface area contributed by atoms with Gasteiger partial charge in [0.05, 0.1) is 0 Å². The van der Waals surface area contributed by atoms with Crippen molar-refractivity contribution in [1.29, 1.82) is 0 Å². The molecule has 0 aliphatic carbocycles. The van der Waals surface area contributed by atoms with Crippen molar-refractivity contribution in [3.63, 3.8) is 0 Å². The maximum atomic E-state index is 11.9. The Morgan fingerprint density at radius 2 is 2.05 bits per heavy atom. The molecule has 0 spiro atoms. The molecule has 0 aromatic carbocycles. The lowest BCUT2D eigenvalue weighted by molar-refractivity contribution is -0.137. The molecule has 2 amide bonds. The molecule has 0 aromatic heterocycles. The summed E-state index contributed by atoms with van der Waals surface area (Å²) in [5.41, 5.74) is 0.228. The molecule has 1 rings (SSSR count). The van der Waals surface area contributed by atoms with Gasteiger partial charge in [0.25, 0.3) is 0 Å². The Kier molecular flexibility index (Phi) is 5.63. The van der Waals surface area contributed by atoms with E-state index >= 15 is 0 Å². The van der Waals surface area contributed by atoms with E-state index in [1.165, 1.54) is 0 Å². The van der Waals surface area contributed by atoms with Crippen molar-refractivity contribution in [1.82, 2.24) is 10.2 Å². The predicted molar refractivity (Wildman–Crippen MR) is 74.0 cm³/mol. The molecule has 1 unspecified atom stereocenters. The molecule has 5 nitrogen and oxygen atoms in total. The first-order chi connectivity index (χ1) is 8.80. The maximum absolute atomic E-state index is 11.9. The third kappa shape index (κ3) is 5.94. The van der Waals surface area contributed by atoms with Gasteiger partial charge in [0.15, 0.2) is 0 Å². The fraction of sp³-hybridized carbons (Fsp3) is 0.857. The summed E-state index contributed by atoms with van der Waals surface area (Å²) in [7, 11) is 0. The van der Waals surface area contributed by atoms with Crippen LogP contribution in [0.15, 0.2) is 0 Å². The standard InChI is InChI=1S/C14H26N2O3/c1-11(4-5-12(17)18)6-8-15-13(19)16-9-7-14(2,3)10-16/h11H,4-10H2,1-3H3,(H,15,19)(H,17,18). The van der Waals surface area contributed by atoms with Crippen LogP contribution in [-0.4, -0.2) is 41.6 Å². The van der Waals surface area contributed by atoms with Gasteiger partial charge < -0.3 is 15.3 Å². The van der Waals surface area contributed by atoms with Gasteiger partial charge in [0, 0.05) is 26.1 Å². The fourth-order valence-electron chi connectivity index (χ4n) is 2.34. The summed E-state index contributed by atoms with van der Waals surface area (Å²) in [5, 5.41) is 11.5. The van der Waals surface area contributed by atoms with Gasteiger partial charge in [-0.2, -0.15) is 0 Å². The molecule has 2 N–H and O–H groups in total. The number of rotatable bonds is 6. The molecule has 1 atom stereocenters. The Morgan fingerprint density at radius 1 is 1.37 bits per heavy atom. The molecule has 1 fully saturated rings. The van der Waals surface area contributed by atoms with Crippen molar-refractivity contribution in [3.8, 4) is 0 Å². The number of nitrogens with zero attached hydrogens (tertiary/aromatic N) is 1. The molecule has 19 heavy (non-hydrogen) atoms. The zero-order valence-corrected chi connectivity index (χ0v) is 12.2. The van der Waals surface area contributed by atoms with Gasteiger partial charge in [-0.15, -0.1) is 0 Å². The van der Waals surface area contributed by atoms with E-state index < -0.39 is 5.97 Å². The van der Waals surface area contributed by atoms with Gasteiger partial charge in [0.2, 0.25) is 0 Å². The molecule has 5 heteroatoms. The number of carboxylic acids is 1. The van der Waals surface area contributed by atoms with Crippen molar-refractivity contribution in [2.75, 3.05) is 19.6 Å². The van der Waals surface area contributed by atoms with E-state index in [0.29, 0.717) is 18.9 Å². The molecule has 0 aromatic rings. The van der Waals surface area contributed by atoms with Crippen molar-refractivity contribution < 1.29 is 14.7 Å². The Hall–Kier alpha value is -1.26. The van der Waals surface area contributed by atoms with Crippen LogP contribution in [0.3, 0.4) is 0 Å². The smallest absolute Gasteiger partial charge is 0.317 e. The van der Waals surface area contributed by atoms with Crippen LogP contribution >= 0.6 is 0 Å². The summed E-state index contributed by atoms with van der Waals surface area (Å²) >= 11 is 0. The first-order valence-corrected chi connectivity index (χ1v) is 7.05. The molecule has 1 aliphatic heterocycles. The van der Waals surface area contributed by atoms with Gasteiger partial charge in [-0.25, -0.2) is 4.79 Å². The van der Waals surface area contributed by atoms with Crippen LogP contribution in [0.2, 0.25) is 0 Å². The number of carbonyl (C=O) groups is 2. The predicted octanol–water partition coefficient (Wildman–Crippen LogP) is 2.32. The van der Waals surface area contributed by atoms with E-state index in [1.54, 1.807) is 0 Å². The number of amides is 2. The highest BCUT2D eigenvalue weighted by Crippen LogP contribution is 2.28. The van der Waals surface area contributed by atoms with E-state index in [0.717, 1.165) is 25.9 Å². The number of hydrogen-bond acceptors (Lipinski definition) is 2. The average molecular weight is 270 g/mol. The Labute approximate surface area is 115 Å². The lowest BCUT2D eigenvalue weighted by Crippen LogP contribution is -2.39. The number of carbonyl (C=O) groups excluding carboxylic acids is 1. The minimum atomic E-state index is -0.754.